The lowest BCUT2D eigenvalue weighted by Crippen LogP contribution is -2.53. The van der Waals surface area contributed by atoms with Crippen LogP contribution in [0.1, 0.15) is 51.7 Å². The van der Waals surface area contributed by atoms with Crippen molar-refractivity contribution in [2.45, 2.75) is 64.2 Å². The molecule has 0 aliphatic carbocycles. The van der Waals surface area contributed by atoms with Gasteiger partial charge in [-0.3, -0.25) is 0 Å². The number of phenolic OH excluding ortho intramolecular Hbond substituents is 1. The molecule has 1 unspecified atom stereocenters. The number of nitrogens with zero attached hydrogens (tertiary/aromatic N) is 1. The van der Waals surface area contributed by atoms with Gasteiger partial charge in [0, 0.05) is 19.0 Å². The standard InChI is InChI=1S/C19H27NO4/c1-13-12-19(8-9-20(13)17(22)24-18(2,3)4)16-6-5-15(21)11-14(16)7-10-23-19/h5-6,11,13,21H,7-10,12H2,1-4H3/t13-,19?/m0/s1. The van der Waals surface area contributed by atoms with E-state index in [2.05, 4.69) is 0 Å². The first-order valence-corrected chi connectivity index (χ1v) is 8.66. The van der Waals surface area contributed by atoms with Crippen molar-refractivity contribution in [2.75, 3.05) is 13.2 Å². The SMILES string of the molecule is C[C@H]1CC2(CCN1C(=O)OC(C)(C)C)OCCc1cc(O)ccc12. The zero-order valence-electron chi connectivity index (χ0n) is 15.0. The number of amides is 1. The summed E-state index contributed by atoms with van der Waals surface area (Å²) in [5.74, 6) is 0.296. The highest BCUT2D eigenvalue weighted by molar-refractivity contribution is 5.68. The van der Waals surface area contributed by atoms with E-state index < -0.39 is 5.60 Å². The number of rotatable bonds is 0. The molecular formula is C19H27NO4. The van der Waals surface area contributed by atoms with Crippen LogP contribution in [0, 0.1) is 0 Å². The van der Waals surface area contributed by atoms with Crippen molar-refractivity contribution in [2.24, 2.45) is 0 Å². The molecule has 0 saturated carbocycles. The minimum Gasteiger partial charge on any atom is -0.508 e. The molecule has 0 aromatic heterocycles. The van der Waals surface area contributed by atoms with Crippen molar-refractivity contribution in [3.8, 4) is 5.75 Å². The van der Waals surface area contributed by atoms with Crippen LogP contribution < -0.4 is 0 Å². The van der Waals surface area contributed by atoms with Crippen LogP contribution in [0.5, 0.6) is 5.75 Å². The second-order valence-electron chi connectivity index (χ2n) is 7.91. The highest BCUT2D eigenvalue weighted by Crippen LogP contribution is 2.44. The Labute approximate surface area is 143 Å². The molecule has 1 saturated heterocycles. The van der Waals surface area contributed by atoms with E-state index in [-0.39, 0.29) is 17.7 Å². The molecule has 2 aliphatic heterocycles. The Bertz CT molecular complexity index is 637. The van der Waals surface area contributed by atoms with Gasteiger partial charge in [-0.15, -0.1) is 0 Å². The molecule has 1 fully saturated rings. The van der Waals surface area contributed by atoms with E-state index in [0.717, 1.165) is 30.4 Å². The number of hydrogen-bond donors (Lipinski definition) is 1. The molecule has 1 aromatic rings. The summed E-state index contributed by atoms with van der Waals surface area (Å²) in [5.41, 5.74) is 1.46. The van der Waals surface area contributed by atoms with Gasteiger partial charge >= 0.3 is 6.09 Å². The van der Waals surface area contributed by atoms with E-state index in [1.807, 2.05) is 39.8 Å². The molecule has 24 heavy (non-hydrogen) atoms. The summed E-state index contributed by atoms with van der Waals surface area (Å²) in [5, 5.41) is 9.74. The summed E-state index contributed by atoms with van der Waals surface area (Å²) in [4.78, 5) is 14.2. The highest BCUT2D eigenvalue weighted by atomic mass is 16.6. The molecule has 0 radical (unpaired) electrons. The topological polar surface area (TPSA) is 59.0 Å². The van der Waals surface area contributed by atoms with Crippen LogP contribution in [-0.2, 0) is 21.5 Å². The normalized spacial score (nSPS) is 27.0. The number of ether oxygens (including phenoxy) is 2. The van der Waals surface area contributed by atoms with Crippen molar-refractivity contribution in [3.63, 3.8) is 0 Å². The fourth-order valence-corrected chi connectivity index (χ4v) is 3.84. The molecule has 1 spiro atoms. The summed E-state index contributed by atoms with van der Waals surface area (Å²) >= 11 is 0. The average molecular weight is 333 g/mol. The fraction of sp³-hybridized carbons (Fsp3) is 0.632. The molecule has 2 aliphatic rings. The number of fused-ring (bicyclic) bond motifs is 2. The monoisotopic (exact) mass is 333 g/mol. The van der Waals surface area contributed by atoms with Crippen LogP contribution in [0.2, 0.25) is 0 Å². The van der Waals surface area contributed by atoms with Crippen molar-refractivity contribution in [3.05, 3.63) is 29.3 Å². The molecule has 2 atom stereocenters. The van der Waals surface area contributed by atoms with E-state index in [9.17, 15) is 9.90 Å². The van der Waals surface area contributed by atoms with Gasteiger partial charge in [0.2, 0.25) is 0 Å². The smallest absolute Gasteiger partial charge is 0.410 e. The van der Waals surface area contributed by atoms with Crippen molar-refractivity contribution in [1.82, 2.24) is 4.90 Å². The van der Waals surface area contributed by atoms with Crippen LogP contribution >= 0.6 is 0 Å². The van der Waals surface area contributed by atoms with E-state index in [1.54, 1.807) is 11.0 Å². The lowest BCUT2D eigenvalue weighted by molar-refractivity contribution is -0.110. The second kappa shape index (κ2) is 5.96. The molecule has 1 amide bonds. The maximum absolute atomic E-state index is 12.4. The van der Waals surface area contributed by atoms with Gasteiger partial charge < -0.3 is 19.5 Å². The lowest BCUT2D eigenvalue weighted by Gasteiger charge is -2.48. The molecule has 132 valence electrons. The number of piperidine rings is 1. The van der Waals surface area contributed by atoms with Gasteiger partial charge in [0.15, 0.2) is 0 Å². The molecule has 0 bridgehead atoms. The molecule has 5 nitrogen and oxygen atoms in total. The molecule has 1 aromatic carbocycles. The predicted molar refractivity (Wildman–Crippen MR) is 91.1 cm³/mol. The van der Waals surface area contributed by atoms with E-state index in [0.29, 0.717) is 18.9 Å². The number of carbonyl (C=O) groups is 1. The maximum Gasteiger partial charge on any atom is 0.410 e. The highest BCUT2D eigenvalue weighted by Gasteiger charge is 2.45. The van der Waals surface area contributed by atoms with E-state index in [4.69, 9.17) is 9.47 Å². The third-order valence-electron chi connectivity index (χ3n) is 4.87. The Kier molecular flexibility index (Phi) is 4.24. The Balaban J connectivity index is 1.80. The molecule has 5 heteroatoms. The Morgan fingerprint density at radius 2 is 2.17 bits per heavy atom. The first kappa shape index (κ1) is 17.1. The average Bonchev–Trinajstić information content (AvgIpc) is 2.45. The van der Waals surface area contributed by atoms with Gasteiger partial charge in [-0.05, 0) is 63.8 Å². The summed E-state index contributed by atoms with van der Waals surface area (Å²) in [7, 11) is 0. The minimum atomic E-state index is -0.489. The predicted octanol–water partition coefficient (Wildman–Crippen LogP) is 3.58. The first-order valence-electron chi connectivity index (χ1n) is 8.66. The third kappa shape index (κ3) is 3.22. The van der Waals surface area contributed by atoms with Crippen LogP contribution in [0.3, 0.4) is 0 Å². The van der Waals surface area contributed by atoms with Gasteiger partial charge in [-0.25, -0.2) is 4.79 Å². The Hall–Kier alpha value is -1.75. The number of phenols is 1. The summed E-state index contributed by atoms with van der Waals surface area (Å²) in [6, 6.07) is 5.57. The van der Waals surface area contributed by atoms with Gasteiger partial charge in [0.05, 0.1) is 12.2 Å². The molecule has 2 heterocycles. The zero-order chi connectivity index (χ0) is 17.5. The van der Waals surface area contributed by atoms with Crippen molar-refractivity contribution >= 4 is 6.09 Å². The van der Waals surface area contributed by atoms with Gasteiger partial charge in [0.1, 0.15) is 11.4 Å². The Morgan fingerprint density at radius 1 is 1.42 bits per heavy atom. The first-order chi connectivity index (χ1) is 11.2. The second-order valence-corrected chi connectivity index (χ2v) is 7.91. The number of aromatic hydroxyl groups is 1. The molecule has 3 rings (SSSR count). The quantitative estimate of drug-likeness (QED) is 0.788. The lowest BCUT2D eigenvalue weighted by atomic mass is 9.77. The summed E-state index contributed by atoms with van der Waals surface area (Å²) in [6.07, 6.45) is 2.04. The Morgan fingerprint density at radius 3 is 2.83 bits per heavy atom. The molecule has 1 N–H and O–H groups in total. The zero-order valence-corrected chi connectivity index (χ0v) is 15.0. The van der Waals surface area contributed by atoms with Crippen molar-refractivity contribution in [1.29, 1.82) is 0 Å². The largest absolute Gasteiger partial charge is 0.508 e. The van der Waals surface area contributed by atoms with Crippen LogP contribution in [0.4, 0.5) is 4.79 Å². The number of benzene rings is 1. The van der Waals surface area contributed by atoms with E-state index in [1.165, 1.54) is 0 Å². The van der Waals surface area contributed by atoms with Gasteiger partial charge in [-0.1, -0.05) is 6.07 Å². The third-order valence-corrected chi connectivity index (χ3v) is 4.87. The number of likely N-dealkylation sites (tertiary alicyclic amines) is 1. The van der Waals surface area contributed by atoms with Crippen LogP contribution in [-0.4, -0.2) is 40.9 Å². The van der Waals surface area contributed by atoms with Gasteiger partial charge in [0.25, 0.3) is 0 Å². The minimum absolute atomic E-state index is 0.0355. The fourth-order valence-electron chi connectivity index (χ4n) is 3.84. The van der Waals surface area contributed by atoms with E-state index >= 15 is 0 Å². The van der Waals surface area contributed by atoms with Gasteiger partial charge in [-0.2, -0.15) is 0 Å². The van der Waals surface area contributed by atoms with Crippen LogP contribution in [0.25, 0.3) is 0 Å². The maximum atomic E-state index is 12.4. The number of hydrogen-bond acceptors (Lipinski definition) is 4. The summed E-state index contributed by atoms with van der Waals surface area (Å²) in [6.45, 7) is 8.95. The molecular weight excluding hydrogens is 306 g/mol. The number of carbonyl (C=O) groups excluding carboxylic acids is 1. The summed E-state index contributed by atoms with van der Waals surface area (Å²) < 4.78 is 11.7. The van der Waals surface area contributed by atoms with Crippen LogP contribution in [0.15, 0.2) is 18.2 Å². The van der Waals surface area contributed by atoms with Crippen molar-refractivity contribution < 1.29 is 19.4 Å².